The molecule has 5 nitrogen and oxygen atoms in total. The SMILES string of the molecule is O=c1[nH]c2c(c(=O)[nH]1)[C@@H](c1ccccc1)C=C(c1ccccc1)O2. The van der Waals surface area contributed by atoms with Crippen molar-refractivity contribution >= 4 is 5.76 Å². The molecule has 0 aliphatic carbocycles. The van der Waals surface area contributed by atoms with Gasteiger partial charge in [0.2, 0.25) is 5.88 Å². The Labute approximate surface area is 137 Å². The summed E-state index contributed by atoms with van der Waals surface area (Å²) in [5.74, 6) is 0.503. The predicted molar refractivity (Wildman–Crippen MR) is 91.0 cm³/mol. The van der Waals surface area contributed by atoms with Gasteiger partial charge in [0, 0.05) is 11.5 Å². The fourth-order valence-corrected chi connectivity index (χ4v) is 2.90. The number of hydrogen-bond donors (Lipinski definition) is 2. The Kier molecular flexibility index (Phi) is 3.39. The smallest absolute Gasteiger partial charge is 0.328 e. The van der Waals surface area contributed by atoms with Crippen molar-refractivity contribution in [3.8, 4) is 5.88 Å². The summed E-state index contributed by atoms with van der Waals surface area (Å²) in [7, 11) is 0. The summed E-state index contributed by atoms with van der Waals surface area (Å²) in [4.78, 5) is 28.8. The third kappa shape index (κ3) is 2.46. The zero-order valence-corrected chi connectivity index (χ0v) is 12.7. The minimum absolute atomic E-state index is 0.193. The van der Waals surface area contributed by atoms with Gasteiger partial charge in [0.15, 0.2) is 0 Å². The van der Waals surface area contributed by atoms with Crippen LogP contribution in [0.2, 0.25) is 0 Å². The lowest BCUT2D eigenvalue weighted by atomic mass is 9.89. The summed E-state index contributed by atoms with van der Waals surface area (Å²) >= 11 is 0. The Balaban J connectivity index is 1.94. The van der Waals surface area contributed by atoms with Crippen LogP contribution in [0.4, 0.5) is 0 Å². The van der Waals surface area contributed by atoms with Crippen LogP contribution in [0.15, 0.2) is 76.3 Å². The molecule has 1 aliphatic heterocycles. The average molecular weight is 318 g/mol. The van der Waals surface area contributed by atoms with Crippen molar-refractivity contribution in [3.63, 3.8) is 0 Å². The van der Waals surface area contributed by atoms with Crippen LogP contribution < -0.4 is 16.0 Å². The van der Waals surface area contributed by atoms with Crippen molar-refractivity contribution in [1.82, 2.24) is 9.97 Å². The molecular weight excluding hydrogens is 304 g/mol. The van der Waals surface area contributed by atoms with Gasteiger partial charge in [-0.15, -0.1) is 0 Å². The van der Waals surface area contributed by atoms with Crippen LogP contribution in [0.5, 0.6) is 5.88 Å². The Bertz CT molecular complexity index is 1020. The number of aromatic nitrogens is 2. The van der Waals surface area contributed by atoms with Crippen molar-refractivity contribution < 1.29 is 4.74 Å². The van der Waals surface area contributed by atoms with Gasteiger partial charge < -0.3 is 4.74 Å². The summed E-state index contributed by atoms with van der Waals surface area (Å²) in [5, 5.41) is 0. The lowest BCUT2D eigenvalue weighted by Gasteiger charge is -2.23. The first-order chi connectivity index (χ1) is 11.7. The minimum atomic E-state index is -0.583. The lowest BCUT2D eigenvalue weighted by Crippen LogP contribution is -2.30. The summed E-state index contributed by atoms with van der Waals surface area (Å²) < 4.78 is 5.82. The van der Waals surface area contributed by atoms with E-state index in [0.717, 1.165) is 11.1 Å². The number of ether oxygens (including phenoxy) is 1. The summed E-state index contributed by atoms with van der Waals surface area (Å²) in [6.07, 6.45) is 1.90. The number of nitrogens with one attached hydrogen (secondary N) is 2. The molecule has 2 N–H and O–H groups in total. The van der Waals surface area contributed by atoms with E-state index in [2.05, 4.69) is 9.97 Å². The van der Waals surface area contributed by atoms with Crippen LogP contribution in [0.3, 0.4) is 0 Å². The van der Waals surface area contributed by atoms with Gasteiger partial charge in [0.25, 0.3) is 5.56 Å². The molecule has 24 heavy (non-hydrogen) atoms. The molecule has 0 bridgehead atoms. The van der Waals surface area contributed by atoms with Crippen LogP contribution in [-0.2, 0) is 0 Å². The maximum Gasteiger partial charge on any atom is 0.328 e. The standard InChI is InChI=1S/C19H14N2O3/c22-17-16-14(12-7-3-1-4-8-12)11-15(13-9-5-2-6-10-13)24-18(16)21-19(23)20-17/h1-11,14H,(H2,20,21,22,23)/t14-/m1/s1. The molecule has 0 amide bonds. The van der Waals surface area contributed by atoms with E-state index < -0.39 is 11.2 Å². The highest BCUT2D eigenvalue weighted by Gasteiger charge is 2.28. The van der Waals surface area contributed by atoms with Crippen molar-refractivity contribution in [3.05, 3.63) is 104 Å². The number of fused-ring (bicyclic) bond motifs is 1. The molecule has 0 radical (unpaired) electrons. The van der Waals surface area contributed by atoms with E-state index in [1.807, 2.05) is 66.7 Å². The molecule has 0 saturated carbocycles. The molecule has 1 atom stereocenters. The summed E-state index contributed by atoms with van der Waals surface area (Å²) in [6.45, 7) is 0. The summed E-state index contributed by atoms with van der Waals surface area (Å²) in [6, 6.07) is 19.2. The highest BCUT2D eigenvalue weighted by Crippen LogP contribution is 2.37. The Morgan fingerprint density at radius 1 is 0.833 bits per heavy atom. The fourth-order valence-electron chi connectivity index (χ4n) is 2.90. The van der Waals surface area contributed by atoms with Crippen LogP contribution in [0.25, 0.3) is 5.76 Å². The highest BCUT2D eigenvalue weighted by atomic mass is 16.5. The van der Waals surface area contributed by atoms with Gasteiger partial charge in [-0.2, -0.15) is 0 Å². The number of rotatable bonds is 2. The molecule has 5 heteroatoms. The first-order valence-corrected chi connectivity index (χ1v) is 7.59. The van der Waals surface area contributed by atoms with Gasteiger partial charge in [-0.3, -0.25) is 14.8 Å². The summed E-state index contributed by atoms with van der Waals surface area (Å²) in [5.41, 5.74) is 1.21. The second-order valence-corrected chi connectivity index (χ2v) is 5.54. The maximum absolute atomic E-state index is 12.3. The normalized spacial score (nSPS) is 16.0. The molecule has 0 unspecified atom stereocenters. The van der Waals surface area contributed by atoms with E-state index >= 15 is 0 Å². The van der Waals surface area contributed by atoms with Gasteiger partial charge in [-0.05, 0) is 11.6 Å². The van der Waals surface area contributed by atoms with E-state index in [1.54, 1.807) is 0 Å². The largest absolute Gasteiger partial charge is 0.440 e. The molecule has 2 heterocycles. The van der Waals surface area contributed by atoms with E-state index in [9.17, 15) is 9.59 Å². The van der Waals surface area contributed by atoms with E-state index in [0.29, 0.717) is 11.3 Å². The molecule has 0 saturated heterocycles. The molecule has 4 rings (SSSR count). The molecular formula is C19H14N2O3. The van der Waals surface area contributed by atoms with E-state index in [-0.39, 0.29) is 11.8 Å². The van der Waals surface area contributed by atoms with Crippen LogP contribution in [0, 0.1) is 0 Å². The first-order valence-electron chi connectivity index (χ1n) is 7.59. The third-order valence-corrected chi connectivity index (χ3v) is 4.00. The Morgan fingerprint density at radius 2 is 1.50 bits per heavy atom. The quantitative estimate of drug-likeness (QED) is 0.763. The zero-order chi connectivity index (χ0) is 16.5. The van der Waals surface area contributed by atoms with Gasteiger partial charge in [0.05, 0.1) is 5.56 Å². The number of benzene rings is 2. The Hall–Kier alpha value is -3.34. The van der Waals surface area contributed by atoms with E-state index in [1.165, 1.54) is 0 Å². The zero-order valence-electron chi connectivity index (χ0n) is 12.7. The van der Waals surface area contributed by atoms with Crippen molar-refractivity contribution in [2.75, 3.05) is 0 Å². The van der Waals surface area contributed by atoms with Crippen LogP contribution >= 0.6 is 0 Å². The van der Waals surface area contributed by atoms with Crippen LogP contribution in [0.1, 0.15) is 22.6 Å². The highest BCUT2D eigenvalue weighted by molar-refractivity contribution is 5.67. The second-order valence-electron chi connectivity index (χ2n) is 5.54. The Morgan fingerprint density at radius 3 is 2.21 bits per heavy atom. The average Bonchev–Trinajstić information content (AvgIpc) is 2.62. The van der Waals surface area contributed by atoms with Gasteiger partial charge in [-0.1, -0.05) is 60.7 Å². The van der Waals surface area contributed by atoms with Gasteiger partial charge in [-0.25, -0.2) is 4.79 Å². The third-order valence-electron chi connectivity index (χ3n) is 4.00. The first kappa shape index (κ1) is 14.3. The topological polar surface area (TPSA) is 75.0 Å². The lowest BCUT2D eigenvalue weighted by molar-refractivity contribution is 0.464. The molecule has 118 valence electrons. The molecule has 1 aliphatic rings. The number of hydrogen-bond acceptors (Lipinski definition) is 3. The molecule has 0 fully saturated rings. The monoisotopic (exact) mass is 318 g/mol. The van der Waals surface area contributed by atoms with Gasteiger partial charge in [0.1, 0.15) is 5.76 Å². The number of aromatic amines is 2. The van der Waals surface area contributed by atoms with Crippen LogP contribution in [-0.4, -0.2) is 9.97 Å². The van der Waals surface area contributed by atoms with Crippen molar-refractivity contribution in [2.45, 2.75) is 5.92 Å². The fraction of sp³-hybridized carbons (Fsp3) is 0.0526. The molecule has 0 spiro atoms. The minimum Gasteiger partial charge on any atom is -0.440 e. The van der Waals surface area contributed by atoms with Crippen molar-refractivity contribution in [2.24, 2.45) is 0 Å². The number of allylic oxidation sites excluding steroid dienone is 1. The van der Waals surface area contributed by atoms with Gasteiger partial charge >= 0.3 is 5.69 Å². The molecule has 3 aromatic rings. The maximum atomic E-state index is 12.3. The number of H-pyrrole nitrogens is 2. The van der Waals surface area contributed by atoms with Crippen molar-refractivity contribution in [1.29, 1.82) is 0 Å². The molecule has 1 aromatic heterocycles. The molecule has 2 aromatic carbocycles. The predicted octanol–water partition coefficient (Wildman–Crippen LogP) is 2.63. The van der Waals surface area contributed by atoms with E-state index in [4.69, 9.17) is 4.74 Å². The second kappa shape index (κ2) is 5.70.